The van der Waals surface area contributed by atoms with E-state index >= 15 is 0 Å². The number of benzene rings is 1. The molecule has 0 saturated heterocycles. The Hall–Kier alpha value is -2.83. The van der Waals surface area contributed by atoms with Crippen LogP contribution < -0.4 is 16.2 Å². The molecule has 2 heterocycles. The van der Waals surface area contributed by atoms with Crippen LogP contribution in [-0.4, -0.2) is 19.9 Å². The number of aromatic nitrogens is 4. The van der Waals surface area contributed by atoms with Crippen LogP contribution in [0, 0.1) is 0 Å². The zero-order valence-electron chi connectivity index (χ0n) is 10.00. The van der Waals surface area contributed by atoms with Crippen molar-refractivity contribution in [2.45, 2.75) is 6.61 Å². The smallest absolute Gasteiger partial charge is 0.245 e. The fourth-order valence-corrected chi connectivity index (χ4v) is 1.76. The van der Waals surface area contributed by atoms with Gasteiger partial charge in [-0.05, 0) is 17.7 Å². The zero-order valence-corrected chi connectivity index (χ0v) is 10.00. The van der Waals surface area contributed by atoms with E-state index in [1.54, 1.807) is 0 Å². The van der Waals surface area contributed by atoms with E-state index in [4.69, 9.17) is 16.2 Å². The second kappa shape index (κ2) is 4.45. The number of anilines is 2. The number of rotatable bonds is 3. The topological polar surface area (TPSA) is 116 Å². The summed E-state index contributed by atoms with van der Waals surface area (Å²) in [6, 6.07) is 7.45. The molecule has 1 aromatic carbocycles. The lowest BCUT2D eigenvalue weighted by molar-refractivity contribution is 0.297. The molecule has 0 unspecified atom stereocenters. The molecule has 0 spiro atoms. The van der Waals surface area contributed by atoms with Crippen LogP contribution in [0.15, 0.2) is 30.6 Å². The summed E-state index contributed by atoms with van der Waals surface area (Å²) in [5.74, 6) is 0.504. The summed E-state index contributed by atoms with van der Waals surface area (Å²) in [6.45, 7) is 0.343. The molecule has 19 heavy (non-hydrogen) atoms. The Morgan fingerprint density at radius 2 is 2.11 bits per heavy atom. The van der Waals surface area contributed by atoms with Crippen molar-refractivity contribution in [2.75, 3.05) is 11.5 Å². The average Bonchev–Trinajstić information content (AvgIpc) is 2.84. The van der Waals surface area contributed by atoms with Crippen LogP contribution in [0.5, 0.6) is 5.88 Å². The van der Waals surface area contributed by atoms with Crippen molar-refractivity contribution in [3.05, 3.63) is 36.2 Å². The predicted octanol–water partition coefficient (Wildman–Crippen LogP) is 1.10. The molecule has 3 aromatic rings. The molecule has 0 aliphatic heterocycles. The second-order valence-corrected chi connectivity index (χ2v) is 4.02. The number of aromatic amines is 1. The number of nitrogens with zero attached hydrogens (tertiary/aromatic N) is 3. The Bertz CT molecular complexity index is 723. The summed E-state index contributed by atoms with van der Waals surface area (Å²) in [6.07, 6.45) is 1.52. The largest absolute Gasteiger partial charge is 0.471 e. The maximum atomic E-state index is 5.71. The van der Waals surface area contributed by atoms with Crippen molar-refractivity contribution in [1.82, 2.24) is 19.9 Å². The summed E-state index contributed by atoms with van der Waals surface area (Å²) in [5.41, 5.74) is 14.1. The minimum atomic E-state index is 0.127. The van der Waals surface area contributed by atoms with Gasteiger partial charge in [0.15, 0.2) is 5.65 Å². The lowest BCUT2D eigenvalue weighted by atomic mass is 10.2. The molecule has 0 saturated carbocycles. The molecular weight excluding hydrogens is 244 g/mol. The summed E-state index contributed by atoms with van der Waals surface area (Å²) < 4.78 is 5.64. The molecule has 0 aliphatic carbocycles. The average molecular weight is 256 g/mol. The van der Waals surface area contributed by atoms with Crippen LogP contribution in [0.2, 0.25) is 0 Å². The predicted molar refractivity (Wildman–Crippen MR) is 71.3 cm³/mol. The van der Waals surface area contributed by atoms with Gasteiger partial charge in [0, 0.05) is 5.69 Å². The number of H-pyrrole nitrogens is 1. The van der Waals surface area contributed by atoms with Crippen LogP contribution in [0.3, 0.4) is 0 Å². The summed E-state index contributed by atoms with van der Waals surface area (Å²) >= 11 is 0. The van der Waals surface area contributed by atoms with Gasteiger partial charge in [0.2, 0.25) is 11.8 Å². The zero-order chi connectivity index (χ0) is 13.2. The lowest BCUT2D eigenvalue weighted by Crippen LogP contribution is -2.02. The van der Waals surface area contributed by atoms with Gasteiger partial charge in [-0.25, -0.2) is 4.98 Å². The van der Waals surface area contributed by atoms with Crippen LogP contribution in [-0.2, 0) is 6.61 Å². The Labute approximate surface area is 108 Å². The Morgan fingerprint density at radius 3 is 2.95 bits per heavy atom. The van der Waals surface area contributed by atoms with Crippen LogP contribution in [0.1, 0.15) is 5.56 Å². The monoisotopic (exact) mass is 256 g/mol. The minimum Gasteiger partial charge on any atom is -0.471 e. The van der Waals surface area contributed by atoms with Gasteiger partial charge in [-0.1, -0.05) is 12.1 Å². The molecule has 0 amide bonds. The first-order chi connectivity index (χ1) is 9.22. The van der Waals surface area contributed by atoms with Crippen molar-refractivity contribution in [3.63, 3.8) is 0 Å². The van der Waals surface area contributed by atoms with Crippen molar-refractivity contribution >= 4 is 22.8 Å². The number of hydrogen-bond donors (Lipinski definition) is 3. The second-order valence-electron chi connectivity index (χ2n) is 4.02. The lowest BCUT2D eigenvalue weighted by Gasteiger charge is -2.07. The SMILES string of the molecule is Nc1cccc(COc2nc(N)nc3nc[nH]c23)c1. The fraction of sp³-hybridized carbons (Fsp3) is 0.0833. The molecule has 0 atom stereocenters. The summed E-state index contributed by atoms with van der Waals surface area (Å²) in [4.78, 5) is 15.0. The molecule has 5 N–H and O–H groups in total. The molecular formula is C12H12N6O. The normalized spacial score (nSPS) is 10.7. The molecule has 7 nitrogen and oxygen atoms in total. The van der Waals surface area contributed by atoms with Crippen molar-refractivity contribution < 1.29 is 4.74 Å². The number of ether oxygens (including phenoxy) is 1. The van der Waals surface area contributed by atoms with E-state index in [9.17, 15) is 0 Å². The third-order valence-electron chi connectivity index (χ3n) is 2.60. The first-order valence-corrected chi connectivity index (χ1v) is 5.66. The standard InChI is InChI=1S/C12H12N6O/c13-8-3-1-2-7(4-8)5-19-11-9-10(16-6-15-9)17-12(14)18-11/h1-4,6H,5,13H2,(H3,14,15,16,17,18). The number of nitrogens with two attached hydrogens (primary N) is 2. The van der Waals surface area contributed by atoms with Crippen molar-refractivity contribution in [3.8, 4) is 5.88 Å². The highest BCUT2D eigenvalue weighted by molar-refractivity contribution is 5.76. The highest BCUT2D eigenvalue weighted by Crippen LogP contribution is 2.21. The summed E-state index contributed by atoms with van der Waals surface area (Å²) in [7, 11) is 0. The molecule has 96 valence electrons. The van der Waals surface area contributed by atoms with E-state index in [-0.39, 0.29) is 5.95 Å². The maximum Gasteiger partial charge on any atom is 0.245 e. The highest BCUT2D eigenvalue weighted by atomic mass is 16.5. The van der Waals surface area contributed by atoms with Gasteiger partial charge >= 0.3 is 0 Å². The Kier molecular flexibility index (Phi) is 2.64. The van der Waals surface area contributed by atoms with Gasteiger partial charge < -0.3 is 21.2 Å². The summed E-state index contributed by atoms with van der Waals surface area (Å²) in [5, 5.41) is 0. The van der Waals surface area contributed by atoms with E-state index in [0.717, 1.165) is 5.56 Å². The third kappa shape index (κ3) is 2.25. The maximum absolute atomic E-state index is 5.71. The van der Waals surface area contributed by atoms with E-state index in [2.05, 4.69) is 19.9 Å². The number of nitrogen functional groups attached to an aromatic ring is 2. The van der Waals surface area contributed by atoms with E-state index in [1.165, 1.54) is 6.33 Å². The first-order valence-electron chi connectivity index (χ1n) is 5.66. The highest BCUT2D eigenvalue weighted by Gasteiger charge is 2.09. The van der Waals surface area contributed by atoms with E-state index < -0.39 is 0 Å². The Balaban J connectivity index is 1.87. The number of nitrogens with one attached hydrogen (secondary N) is 1. The van der Waals surface area contributed by atoms with E-state index in [0.29, 0.717) is 29.3 Å². The quantitative estimate of drug-likeness (QED) is 0.604. The van der Waals surface area contributed by atoms with Gasteiger partial charge in [-0.2, -0.15) is 9.97 Å². The van der Waals surface area contributed by atoms with Crippen LogP contribution in [0.4, 0.5) is 11.6 Å². The molecule has 2 aromatic heterocycles. The number of hydrogen-bond acceptors (Lipinski definition) is 6. The molecule has 0 radical (unpaired) electrons. The van der Waals surface area contributed by atoms with E-state index in [1.807, 2.05) is 24.3 Å². The van der Waals surface area contributed by atoms with Gasteiger partial charge in [-0.15, -0.1) is 0 Å². The van der Waals surface area contributed by atoms with Crippen molar-refractivity contribution in [1.29, 1.82) is 0 Å². The van der Waals surface area contributed by atoms with Crippen LogP contribution in [0.25, 0.3) is 11.2 Å². The number of imidazole rings is 1. The van der Waals surface area contributed by atoms with Gasteiger partial charge in [0.1, 0.15) is 12.1 Å². The van der Waals surface area contributed by atoms with Gasteiger partial charge in [0.05, 0.1) is 6.33 Å². The van der Waals surface area contributed by atoms with Gasteiger partial charge in [0.25, 0.3) is 0 Å². The third-order valence-corrected chi connectivity index (χ3v) is 2.60. The molecule has 3 rings (SSSR count). The van der Waals surface area contributed by atoms with Gasteiger partial charge in [-0.3, -0.25) is 0 Å². The van der Waals surface area contributed by atoms with Crippen LogP contribution >= 0.6 is 0 Å². The first kappa shape index (κ1) is 11.3. The van der Waals surface area contributed by atoms with Crippen molar-refractivity contribution in [2.24, 2.45) is 0 Å². The molecule has 0 fully saturated rings. The molecule has 7 heteroatoms. The minimum absolute atomic E-state index is 0.127. The molecule has 0 bridgehead atoms. The molecule has 0 aliphatic rings. The fourth-order valence-electron chi connectivity index (χ4n) is 1.76. The Morgan fingerprint density at radius 1 is 1.21 bits per heavy atom. The number of fused-ring (bicyclic) bond motifs is 1.